The standard InChI is InChI=1S/C25H31N7O3S/c1-16-13-25(2,3)32(15-16)23-18(24(33)30-36(34,35)20-7-6-12-27-22(20)26)9-10-19(29-23)17-8-11-21(28-14-17)31(4)5/h6-12,14,16H,13,15H2,1-5H3,(H2,26,27)(H,30,33)/t16-/m0/s1. The first kappa shape index (κ1) is 25.4. The molecule has 1 amide bonds. The molecule has 0 aromatic carbocycles. The maximum Gasteiger partial charge on any atom is 0.268 e. The zero-order valence-electron chi connectivity index (χ0n) is 21.1. The highest BCUT2D eigenvalue weighted by molar-refractivity contribution is 7.90. The molecule has 0 unspecified atom stereocenters. The first-order valence-corrected chi connectivity index (χ1v) is 13.1. The van der Waals surface area contributed by atoms with E-state index >= 15 is 0 Å². The molecule has 36 heavy (non-hydrogen) atoms. The van der Waals surface area contributed by atoms with Crippen LogP contribution in [-0.2, 0) is 10.0 Å². The van der Waals surface area contributed by atoms with Crippen molar-refractivity contribution < 1.29 is 13.2 Å². The van der Waals surface area contributed by atoms with Gasteiger partial charge in [-0.3, -0.25) is 4.79 Å². The summed E-state index contributed by atoms with van der Waals surface area (Å²) in [4.78, 5) is 30.2. The van der Waals surface area contributed by atoms with Crippen molar-refractivity contribution in [3.63, 3.8) is 0 Å². The first-order chi connectivity index (χ1) is 16.9. The minimum absolute atomic E-state index is 0.157. The summed E-state index contributed by atoms with van der Waals surface area (Å²) in [5.74, 6) is 0.634. The van der Waals surface area contributed by atoms with Crippen molar-refractivity contribution in [2.75, 3.05) is 36.2 Å². The van der Waals surface area contributed by atoms with Gasteiger partial charge in [0.15, 0.2) is 0 Å². The minimum Gasteiger partial charge on any atom is -0.383 e. The molecule has 1 fully saturated rings. The Kier molecular flexibility index (Phi) is 6.61. The van der Waals surface area contributed by atoms with Crippen LogP contribution in [0.4, 0.5) is 17.5 Å². The Balaban J connectivity index is 1.76. The number of nitrogen functional groups attached to an aromatic ring is 1. The topological polar surface area (TPSA) is 134 Å². The molecule has 4 heterocycles. The van der Waals surface area contributed by atoms with E-state index < -0.39 is 15.9 Å². The predicted molar refractivity (Wildman–Crippen MR) is 140 cm³/mol. The van der Waals surface area contributed by atoms with E-state index in [4.69, 9.17) is 10.7 Å². The maximum atomic E-state index is 13.3. The number of nitrogens with zero attached hydrogens (tertiary/aromatic N) is 5. The molecular formula is C25H31N7O3S. The van der Waals surface area contributed by atoms with Crippen LogP contribution < -0.4 is 20.3 Å². The van der Waals surface area contributed by atoms with E-state index in [0.717, 1.165) is 17.8 Å². The number of carbonyl (C=O) groups is 1. The summed E-state index contributed by atoms with van der Waals surface area (Å²) in [6, 6.07) is 9.86. The molecule has 3 aromatic rings. The third kappa shape index (κ3) is 4.97. The average molecular weight is 510 g/mol. The maximum absolute atomic E-state index is 13.3. The number of aromatic nitrogens is 3. The lowest BCUT2D eigenvalue weighted by Crippen LogP contribution is -2.41. The van der Waals surface area contributed by atoms with Crippen LogP contribution in [0.2, 0.25) is 0 Å². The molecule has 4 rings (SSSR count). The molecule has 1 aliphatic heterocycles. The predicted octanol–water partition coefficient (Wildman–Crippen LogP) is 2.93. The smallest absolute Gasteiger partial charge is 0.268 e. The first-order valence-electron chi connectivity index (χ1n) is 11.6. The molecule has 1 saturated heterocycles. The molecule has 0 aliphatic carbocycles. The number of hydrogen-bond acceptors (Lipinski definition) is 9. The summed E-state index contributed by atoms with van der Waals surface area (Å²) in [6.45, 7) is 7.01. The molecule has 190 valence electrons. The van der Waals surface area contributed by atoms with Gasteiger partial charge in [0.05, 0.1) is 11.3 Å². The Bertz CT molecular complexity index is 1390. The summed E-state index contributed by atoms with van der Waals surface area (Å²) in [6.07, 6.45) is 4.02. The van der Waals surface area contributed by atoms with Crippen molar-refractivity contribution in [2.45, 2.75) is 37.6 Å². The number of pyridine rings is 3. The van der Waals surface area contributed by atoms with E-state index in [-0.39, 0.29) is 21.8 Å². The van der Waals surface area contributed by atoms with Crippen molar-refractivity contribution in [2.24, 2.45) is 5.92 Å². The Labute approximate surface area is 211 Å². The van der Waals surface area contributed by atoms with E-state index in [0.29, 0.717) is 24.0 Å². The largest absolute Gasteiger partial charge is 0.383 e. The van der Waals surface area contributed by atoms with Crippen LogP contribution in [0.3, 0.4) is 0 Å². The molecular weight excluding hydrogens is 478 g/mol. The normalized spacial score (nSPS) is 17.1. The van der Waals surface area contributed by atoms with E-state index in [1.807, 2.05) is 31.1 Å². The summed E-state index contributed by atoms with van der Waals surface area (Å²) < 4.78 is 28.0. The van der Waals surface area contributed by atoms with Crippen LogP contribution in [0.25, 0.3) is 11.3 Å². The molecule has 0 radical (unpaired) electrons. The quantitative estimate of drug-likeness (QED) is 0.514. The highest BCUT2D eigenvalue weighted by atomic mass is 32.2. The van der Waals surface area contributed by atoms with Gasteiger partial charge in [-0.15, -0.1) is 0 Å². The lowest BCUT2D eigenvalue weighted by molar-refractivity contribution is 0.0981. The molecule has 0 spiro atoms. The van der Waals surface area contributed by atoms with Crippen LogP contribution in [0.1, 0.15) is 37.6 Å². The minimum atomic E-state index is -4.24. The van der Waals surface area contributed by atoms with Gasteiger partial charge in [0.1, 0.15) is 22.3 Å². The zero-order valence-corrected chi connectivity index (χ0v) is 21.9. The molecule has 0 bridgehead atoms. The number of nitrogens with one attached hydrogen (secondary N) is 1. The van der Waals surface area contributed by atoms with E-state index in [1.54, 1.807) is 18.3 Å². The van der Waals surface area contributed by atoms with Gasteiger partial charge >= 0.3 is 0 Å². The van der Waals surface area contributed by atoms with Gasteiger partial charge in [0.25, 0.3) is 15.9 Å². The molecule has 1 aliphatic rings. The van der Waals surface area contributed by atoms with Crippen molar-refractivity contribution in [3.05, 3.63) is 54.4 Å². The number of hydrogen-bond donors (Lipinski definition) is 2. The Morgan fingerprint density at radius 1 is 1.17 bits per heavy atom. The lowest BCUT2D eigenvalue weighted by atomic mass is 9.97. The number of amides is 1. The van der Waals surface area contributed by atoms with E-state index in [2.05, 4.69) is 40.4 Å². The molecule has 3 aromatic heterocycles. The van der Waals surface area contributed by atoms with Gasteiger partial charge < -0.3 is 15.5 Å². The molecule has 0 saturated carbocycles. The van der Waals surface area contributed by atoms with Crippen LogP contribution in [0.15, 0.2) is 53.7 Å². The highest BCUT2D eigenvalue weighted by Gasteiger charge is 2.39. The third-order valence-electron chi connectivity index (χ3n) is 6.27. The van der Waals surface area contributed by atoms with Crippen LogP contribution in [-0.4, -0.2) is 55.5 Å². The molecule has 3 N–H and O–H groups in total. The number of nitrogens with two attached hydrogens (primary N) is 1. The highest BCUT2D eigenvalue weighted by Crippen LogP contribution is 2.38. The monoisotopic (exact) mass is 509 g/mol. The Hall–Kier alpha value is -3.73. The van der Waals surface area contributed by atoms with Crippen molar-refractivity contribution in [1.29, 1.82) is 0 Å². The van der Waals surface area contributed by atoms with E-state index in [9.17, 15) is 13.2 Å². The number of rotatable bonds is 6. The van der Waals surface area contributed by atoms with Crippen molar-refractivity contribution in [1.82, 2.24) is 19.7 Å². The lowest BCUT2D eigenvalue weighted by Gasteiger charge is -2.34. The third-order valence-corrected chi connectivity index (χ3v) is 7.64. The average Bonchev–Trinajstić information content (AvgIpc) is 3.10. The fraction of sp³-hybridized carbons (Fsp3) is 0.360. The summed E-state index contributed by atoms with van der Waals surface area (Å²) in [5, 5.41) is 0. The molecule has 10 nitrogen and oxygen atoms in total. The summed E-state index contributed by atoms with van der Waals surface area (Å²) in [7, 11) is -0.417. The molecule has 1 atom stereocenters. The fourth-order valence-corrected chi connectivity index (χ4v) is 5.67. The van der Waals surface area contributed by atoms with Gasteiger partial charge in [-0.25, -0.2) is 28.1 Å². The number of anilines is 3. The van der Waals surface area contributed by atoms with Crippen LogP contribution >= 0.6 is 0 Å². The SMILES string of the molecule is C[C@@H]1CN(c2nc(-c3ccc(N(C)C)nc3)ccc2C(=O)NS(=O)(=O)c2cccnc2N)C(C)(C)C1. The van der Waals surface area contributed by atoms with Gasteiger partial charge in [-0.05, 0) is 62.6 Å². The second-order valence-corrected chi connectivity index (χ2v) is 11.6. The van der Waals surface area contributed by atoms with Crippen molar-refractivity contribution >= 4 is 33.4 Å². The molecule has 11 heteroatoms. The fourth-order valence-electron chi connectivity index (χ4n) is 4.62. The van der Waals surface area contributed by atoms with E-state index in [1.165, 1.54) is 18.3 Å². The van der Waals surface area contributed by atoms with Gasteiger partial charge in [0.2, 0.25) is 0 Å². The van der Waals surface area contributed by atoms with Gasteiger partial charge in [-0.1, -0.05) is 6.92 Å². The summed E-state index contributed by atoms with van der Waals surface area (Å²) >= 11 is 0. The Morgan fingerprint density at radius 2 is 1.92 bits per heavy atom. The van der Waals surface area contributed by atoms with Crippen LogP contribution in [0, 0.1) is 5.92 Å². The number of sulfonamides is 1. The second kappa shape index (κ2) is 9.38. The summed E-state index contributed by atoms with van der Waals surface area (Å²) in [5.41, 5.74) is 7.04. The Morgan fingerprint density at radius 3 is 2.50 bits per heavy atom. The number of carbonyl (C=O) groups excluding carboxylic acids is 1. The van der Waals surface area contributed by atoms with Crippen LogP contribution in [0.5, 0.6) is 0 Å². The van der Waals surface area contributed by atoms with Gasteiger partial charge in [-0.2, -0.15) is 0 Å². The van der Waals surface area contributed by atoms with Crippen molar-refractivity contribution in [3.8, 4) is 11.3 Å². The second-order valence-electron chi connectivity index (χ2n) is 9.92. The zero-order chi connectivity index (χ0) is 26.3. The van der Waals surface area contributed by atoms with Gasteiger partial charge in [0, 0.05) is 44.1 Å².